The third-order valence-electron chi connectivity index (χ3n) is 5.48. The molecule has 0 heterocycles. The average molecular weight is 433 g/mol. The molecule has 3 heteroatoms. The maximum Gasteiger partial charge on any atom is 0.241 e. The van der Waals surface area contributed by atoms with Gasteiger partial charge in [0.1, 0.15) is 6.04 Å². The van der Waals surface area contributed by atoms with Gasteiger partial charge in [-0.05, 0) is 22.3 Å². The van der Waals surface area contributed by atoms with Crippen LogP contribution in [0.4, 0.5) is 0 Å². The molecule has 1 unspecified atom stereocenters. The van der Waals surface area contributed by atoms with Gasteiger partial charge in [0, 0.05) is 6.54 Å². The minimum Gasteiger partial charge on any atom is -0.350 e. The number of carbonyl (C=O) groups excluding carboxylic acids is 1. The van der Waals surface area contributed by atoms with Crippen LogP contribution in [0.1, 0.15) is 28.3 Å². The van der Waals surface area contributed by atoms with E-state index >= 15 is 0 Å². The van der Waals surface area contributed by atoms with Gasteiger partial charge in [0.2, 0.25) is 5.91 Å². The van der Waals surface area contributed by atoms with E-state index in [9.17, 15) is 4.79 Å². The zero-order valence-electron chi connectivity index (χ0n) is 18.5. The Morgan fingerprint density at radius 3 is 1.70 bits per heavy atom. The van der Waals surface area contributed by atoms with E-state index in [0.29, 0.717) is 6.54 Å². The Balaban J connectivity index is 1.60. The smallest absolute Gasteiger partial charge is 0.241 e. The first-order chi connectivity index (χ1) is 16.3. The lowest BCUT2D eigenvalue weighted by Gasteiger charge is -2.25. The van der Waals surface area contributed by atoms with Gasteiger partial charge in [-0.15, -0.1) is 0 Å². The molecule has 0 aliphatic heterocycles. The maximum atomic E-state index is 13.3. The molecule has 3 nitrogen and oxygen atoms in total. The van der Waals surface area contributed by atoms with Gasteiger partial charge in [-0.2, -0.15) is 0 Å². The van der Waals surface area contributed by atoms with E-state index in [0.717, 1.165) is 22.3 Å². The fraction of sp³-hybridized carbons (Fsp3) is 0.100. The second kappa shape index (κ2) is 11.6. The van der Waals surface area contributed by atoms with E-state index in [-0.39, 0.29) is 11.9 Å². The first-order valence-corrected chi connectivity index (χ1v) is 11.2. The topological polar surface area (TPSA) is 41.1 Å². The standard InChI is InChI=1S/C30H28N2O/c33-30(31-23-25-15-7-2-8-16-25)28(22-21-24-13-5-1-6-14-24)32-29(26-17-9-3-10-18-26)27-19-11-4-12-20-27/h1-22,28-29,32H,23H2,(H,31,33). The van der Waals surface area contributed by atoms with Crippen molar-refractivity contribution in [3.8, 4) is 0 Å². The molecular weight excluding hydrogens is 404 g/mol. The van der Waals surface area contributed by atoms with Crippen molar-refractivity contribution in [2.24, 2.45) is 0 Å². The van der Waals surface area contributed by atoms with Crippen LogP contribution in [0.2, 0.25) is 0 Å². The number of carbonyl (C=O) groups is 1. The summed E-state index contributed by atoms with van der Waals surface area (Å²) in [6, 6.07) is 39.8. The summed E-state index contributed by atoms with van der Waals surface area (Å²) in [5.74, 6) is -0.0668. The van der Waals surface area contributed by atoms with E-state index in [2.05, 4.69) is 34.9 Å². The lowest BCUT2D eigenvalue weighted by atomic mass is 9.97. The normalized spacial score (nSPS) is 12.0. The van der Waals surface area contributed by atoms with Crippen LogP contribution in [-0.2, 0) is 11.3 Å². The monoisotopic (exact) mass is 432 g/mol. The quantitative estimate of drug-likeness (QED) is 0.353. The van der Waals surface area contributed by atoms with Crippen LogP contribution in [0.25, 0.3) is 6.08 Å². The molecule has 0 bridgehead atoms. The van der Waals surface area contributed by atoms with Crippen molar-refractivity contribution >= 4 is 12.0 Å². The molecule has 2 N–H and O–H groups in total. The highest BCUT2D eigenvalue weighted by atomic mass is 16.2. The van der Waals surface area contributed by atoms with Crippen molar-refractivity contribution in [3.05, 3.63) is 150 Å². The van der Waals surface area contributed by atoms with Crippen LogP contribution in [0.5, 0.6) is 0 Å². The molecule has 33 heavy (non-hydrogen) atoms. The number of rotatable bonds is 9. The zero-order valence-corrected chi connectivity index (χ0v) is 18.5. The lowest BCUT2D eigenvalue weighted by molar-refractivity contribution is -0.122. The summed E-state index contributed by atoms with van der Waals surface area (Å²) in [5.41, 5.74) is 4.34. The van der Waals surface area contributed by atoms with Crippen LogP contribution in [0.15, 0.2) is 127 Å². The number of nitrogens with one attached hydrogen (secondary N) is 2. The summed E-state index contributed by atoms with van der Waals surface area (Å²) in [6.45, 7) is 0.484. The van der Waals surface area contributed by atoms with Crippen molar-refractivity contribution in [2.45, 2.75) is 18.6 Å². The maximum absolute atomic E-state index is 13.3. The van der Waals surface area contributed by atoms with Gasteiger partial charge in [0.25, 0.3) is 0 Å². The third kappa shape index (κ3) is 6.52. The molecule has 4 aromatic carbocycles. The molecule has 0 saturated carbocycles. The van der Waals surface area contributed by atoms with Gasteiger partial charge in [-0.1, -0.05) is 133 Å². The SMILES string of the molecule is O=C(NCc1ccccc1)C(C=Cc1ccccc1)NC(c1ccccc1)c1ccccc1. The van der Waals surface area contributed by atoms with Gasteiger partial charge in [0.05, 0.1) is 6.04 Å². The molecule has 0 spiro atoms. The van der Waals surface area contributed by atoms with Crippen molar-refractivity contribution in [3.63, 3.8) is 0 Å². The van der Waals surface area contributed by atoms with Gasteiger partial charge in [-0.25, -0.2) is 0 Å². The fourth-order valence-electron chi connectivity index (χ4n) is 3.74. The van der Waals surface area contributed by atoms with E-state index in [1.807, 2.05) is 109 Å². The van der Waals surface area contributed by atoms with E-state index in [1.165, 1.54) is 0 Å². The van der Waals surface area contributed by atoms with Crippen LogP contribution in [0.3, 0.4) is 0 Å². The summed E-state index contributed by atoms with van der Waals surface area (Å²) in [7, 11) is 0. The highest BCUT2D eigenvalue weighted by Gasteiger charge is 2.22. The van der Waals surface area contributed by atoms with Crippen LogP contribution in [0, 0.1) is 0 Å². The number of hydrogen-bond donors (Lipinski definition) is 2. The average Bonchev–Trinajstić information content (AvgIpc) is 2.89. The molecule has 0 saturated heterocycles. The van der Waals surface area contributed by atoms with Gasteiger partial charge in [0.15, 0.2) is 0 Å². The lowest BCUT2D eigenvalue weighted by Crippen LogP contribution is -2.44. The largest absolute Gasteiger partial charge is 0.350 e. The van der Waals surface area contributed by atoms with Gasteiger partial charge >= 0.3 is 0 Å². The summed E-state index contributed by atoms with van der Waals surface area (Å²) in [4.78, 5) is 13.3. The number of hydrogen-bond acceptors (Lipinski definition) is 2. The summed E-state index contributed by atoms with van der Waals surface area (Å²) < 4.78 is 0. The molecule has 164 valence electrons. The molecular formula is C30H28N2O. The predicted molar refractivity (Wildman–Crippen MR) is 135 cm³/mol. The Hall–Kier alpha value is -3.95. The third-order valence-corrected chi connectivity index (χ3v) is 5.48. The molecule has 0 fully saturated rings. The van der Waals surface area contributed by atoms with E-state index < -0.39 is 6.04 Å². The first-order valence-electron chi connectivity index (χ1n) is 11.2. The summed E-state index contributed by atoms with van der Waals surface area (Å²) >= 11 is 0. The summed E-state index contributed by atoms with van der Waals surface area (Å²) in [5, 5.41) is 6.69. The van der Waals surface area contributed by atoms with E-state index in [4.69, 9.17) is 0 Å². The van der Waals surface area contributed by atoms with Crippen molar-refractivity contribution in [1.82, 2.24) is 10.6 Å². The minimum atomic E-state index is -0.515. The van der Waals surface area contributed by atoms with Crippen molar-refractivity contribution in [1.29, 1.82) is 0 Å². The summed E-state index contributed by atoms with van der Waals surface area (Å²) in [6.07, 6.45) is 3.93. The van der Waals surface area contributed by atoms with Gasteiger partial charge < -0.3 is 5.32 Å². The Morgan fingerprint density at radius 1 is 0.667 bits per heavy atom. The predicted octanol–water partition coefficient (Wildman–Crippen LogP) is 5.76. The molecule has 0 radical (unpaired) electrons. The number of amides is 1. The Bertz CT molecular complexity index is 1100. The molecule has 0 aliphatic rings. The zero-order chi connectivity index (χ0) is 22.7. The van der Waals surface area contributed by atoms with Crippen molar-refractivity contribution in [2.75, 3.05) is 0 Å². The minimum absolute atomic E-state index is 0.0668. The van der Waals surface area contributed by atoms with Crippen LogP contribution < -0.4 is 10.6 Å². The van der Waals surface area contributed by atoms with Gasteiger partial charge in [-0.3, -0.25) is 10.1 Å². The van der Waals surface area contributed by atoms with Crippen LogP contribution >= 0.6 is 0 Å². The van der Waals surface area contributed by atoms with E-state index in [1.54, 1.807) is 0 Å². The van der Waals surface area contributed by atoms with Crippen molar-refractivity contribution < 1.29 is 4.79 Å². The Morgan fingerprint density at radius 2 is 1.15 bits per heavy atom. The molecule has 0 aromatic heterocycles. The molecule has 0 aliphatic carbocycles. The molecule has 1 atom stereocenters. The molecule has 1 amide bonds. The second-order valence-electron chi connectivity index (χ2n) is 7.87. The second-order valence-corrected chi connectivity index (χ2v) is 7.87. The fourth-order valence-corrected chi connectivity index (χ4v) is 3.74. The Labute approximate surface area is 195 Å². The van der Waals surface area contributed by atoms with Crippen LogP contribution in [-0.4, -0.2) is 11.9 Å². The molecule has 4 aromatic rings. The first kappa shape index (κ1) is 22.3. The highest BCUT2D eigenvalue weighted by Crippen LogP contribution is 2.23. The highest BCUT2D eigenvalue weighted by molar-refractivity contribution is 5.85. The Kier molecular flexibility index (Phi) is 7.83. The molecule has 4 rings (SSSR count). The number of benzene rings is 4.